The van der Waals surface area contributed by atoms with Crippen LogP contribution in [0, 0.1) is 0 Å². The highest BCUT2D eigenvalue weighted by Gasteiger charge is 1.99. The first kappa shape index (κ1) is 11.6. The molecule has 0 unspecified atom stereocenters. The number of hydrogen-bond donors (Lipinski definition) is 1. The average Bonchev–Trinajstić information content (AvgIpc) is 2.08. The fourth-order valence-corrected chi connectivity index (χ4v) is 1.78. The van der Waals surface area contributed by atoms with Crippen LogP contribution < -0.4 is 5.32 Å². The maximum atomic E-state index is 6.03. The van der Waals surface area contributed by atoms with Gasteiger partial charge in [-0.2, -0.15) is 0 Å². The van der Waals surface area contributed by atoms with E-state index in [1.165, 1.54) is 5.57 Å². The normalized spacial score (nSPS) is 9.93. The molecule has 1 N–H and O–H groups in total. The minimum Gasteiger partial charge on any atom is -0.384 e. The Morgan fingerprint density at radius 2 is 2.29 bits per heavy atom. The molecular weight excluding hydrogens is 261 g/mol. The van der Waals surface area contributed by atoms with Gasteiger partial charge in [0.25, 0.3) is 0 Å². The summed E-state index contributed by atoms with van der Waals surface area (Å²) in [6.07, 6.45) is 0.965. The first-order chi connectivity index (χ1) is 6.59. The van der Waals surface area contributed by atoms with E-state index in [-0.39, 0.29) is 0 Å². The van der Waals surface area contributed by atoms with Gasteiger partial charge in [-0.05, 0) is 31.5 Å². The standard InChI is InChI=1S/C11H13BrClN/c1-8(2)5-6-14-11-4-3-9(12)7-10(11)13/h3-4,7,14H,1,5-6H2,2H3. The van der Waals surface area contributed by atoms with Crippen molar-refractivity contribution in [1.82, 2.24) is 0 Å². The summed E-state index contributed by atoms with van der Waals surface area (Å²) in [4.78, 5) is 0. The Kier molecular flexibility index (Phi) is 4.49. The van der Waals surface area contributed by atoms with E-state index in [4.69, 9.17) is 11.6 Å². The molecule has 0 atom stereocenters. The Balaban J connectivity index is 2.55. The zero-order chi connectivity index (χ0) is 10.6. The van der Waals surface area contributed by atoms with Crippen molar-refractivity contribution in [3.05, 3.63) is 39.8 Å². The van der Waals surface area contributed by atoms with Crippen molar-refractivity contribution in [2.45, 2.75) is 13.3 Å². The third-order valence-electron chi connectivity index (χ3n) is 1.80. The van der Waals surface area contributed by atoms with Gasteiger partial charge in [-0.25, -0.2) is 0 Å². The second-order valence-corrected chi connectivity index (χ2v) is 4.58. The minimum absolute atomic E-state index is 0.737. The predicted octanol–water partition coefficient (Wildman–Crippen LogP) is 4.48. The molecule has 76 valence electrons. The first-order valence-corrected chi connectivity index (χ1v) is 5.60. The molecule has 1 nitrogen and oxygen atoms in total. The van der Waals surface area contributed by atoms with Gasteiger partial charge in [0.15, 0.2) is 0 Å². The fraction of sp³-hybridized carbons (Fsp3) is 0.273. The topological polar surface area (TPSA) is 12.0 Å². The Morgan fingerprint density at radius 3 is 2.86 bits per heavy atom. The van der Waals surface area contributed by atoms with Crippen molar-refractivity contribution < 1.29 is 0 Å². The molecule has 3 heteroatoms. The summed E-state index contributed by atoms with van der Waals surface area (Å²) < 4.78 is 0.993. The molecular formula is C11H13BrClN. The second kappa shape index (κ2) is 5.42. The molecule has 0 heterocycles. The molecule has 0 aliphatic carbocycles. The van der Waals surface area contributed by atoms with Gasteiger partial charge < -0.3 is 5.32 Å². The molecule has 0 aliphatic heterocycles. The molecule has 1 aromatic carbocycles. The molecule has 0 bridgehead atoms. The highest BCUT2D eigenvalue weighted by molar-refractivity contribution is 9.10. The monoisotopic (exact) mass is 273 g/mol. The van der Waals surface area contributed by atoms with Crippen molar-refractivity contribution in [2.75, 3.05) is 11.9 Å². The summed E-state index contributed by atoms with van der Waals surface area (Å²) in [6, 6.07) is 5.81. The molecule has 0 spiro atoms. The average molecular weight is 275 g/mol. The highest BCUT2D eigenvalue weighted by atomic mass is 79.9. The number of anilines is 1. The number of nitrogens with one attached hydrogen (secondary N) is 1. The van der Waals surface area contributed by atoms with Crippen LogP contribution in [0.25, 0.3) is 0 Å². The van der Waals surface area contributed by atoms with Gasteiger partial charge >= 0.3 is 0 Å². The third kappa shape index (κ3) is 3.72. The van der Waals surface area contributed by atoms with Crippen LogP contribution >= 0.6 is 27.5 Å². The molecule has 0 amide bonds. The van der Waals surface area contributed by atoms with E-state index in [0.717, 1.165) is 28.1 Å². The molecule has 14 heavy (non-hydrogen) atoms. The van der Waals surface area contributed by atoms with Crippen LogP contribution in [0.5, 0.6) is 0 Å². The van der Waals surface area contributed by atoms with Gasteiger partial charge in [0.05, 0.1) is 10.7 Å². The lowest BCUT2D eigenvalue weighted by molar-refractivity contribution is 1.00. The molecule has 1 rings (SSSR count). The first-order valence-electron chi connectivity index (χ1n) is 4.43. The third-order valence-corrected chi connectivity index (χ3v) is 2.60. The molecule has 0 saturated carbocycles. The van der Waals surface area contributed by atoms with Gasteiger partial charge in [-0.1, -0.05) is 33.1 Å². The van der Waals surface area contributed by atoms with E-state index in [0.29, 0.717) is 0 Å². The smallest absolute Gasteiger partial charge is 0.0648 e. The summed E-state index contributed by atoms with van der Waals surface area (Å²) in [5.41, 5.74) is 2.14. The van der Waals surface area contributed by atoms with Crippen molar-refractivity contribution >= 4 is 33.2 Å². The summed E-state index contributed by atoms with van der Waals surface area (Å²) in [5.74, 6) is 0. The molecule has 0 aliphatic rings. The van der Waals surface area contributed by atoms with Crippen molar-refractivity contribution in [3.63, 3.8) is 0 Å². The lowest BCUT2D eigenvalue weighted by Crippen LogP contribution is -2.01. The largest absolute Gasteiger partial charge is 0.384 e. The zero-order valence-corrected chi connectivity index (χ0v) is 10.5. The van der Waals surface area contributed by atoms with Crippen molar-refractivity contribution in [1.29, 1.82) is 0 Å². The van der Waals surface area contributed by atoms with E-state index in [9.17, 15) is 0 Å². The van der Waals surface area contributed by atoms with Gasteiger partial charge in [-0.3, -0.25) is 0 Å². The van der Waals surface area contributed by atoms with E-state index < -0.39 is 0 Å². The Hall–Kier alpha value is -0.470. The van der Waals surface area contributed by atoms with Gasteiger partial charge in [0.1, 0.15) is 0 Å². The van der Waals surface area contributed by atoms with E-state index in [1.54, 1.807) is 0 Å². The van der Waals surface area contributed by atoms with Gasteiger partial charge in [-0.15, -0.1) is 6.58 Å². The Morgan fingerprint density at radius 1 is 1.57 bits per heavy atom. The lowest BCUT2D eigenvalue weighted by atomic mass is 10.2. The summed E-state index contributed by atoms with van der Waals surface area (Å²) >= 11 is 9.39. The minimum atomic E-state index is 0.737. The quantitative estimate of drug-likeness (QED) is 0.798. The maximum Gasteiger partial charge on any atom is 0.0648 e. The van der Waals surface area contributed by atoms with Crippen LogP contribution in [0.2, 0.25) is 5.02 Å². The van der Waals surface area contributed by atoms with E-state index in [1.807, 2.05) is 25.1 Å². The molecule has 0 aromatic heterocycles. The Bertz CT molecular complexity index is 336. The van der Waals surface area contributed by atoms with Crippen LogP contribution in [-0.4, -0.2) is 6.54 Å². The fourth-order valence-electron chi connectivity index (χ4n) is 1.04. The van der Waals surface area contributed by atoms with Crippen molar-refractivity contribution in [2.24, 2.45) is 0 Å². The zero-order valence-electron chi connectivity index (χ0n) is 8.11. The van der Waals surface area contributed by atoms with Crippen LogP contribution in [0.1, 0.15) is 13.3 Å². The molecule has 0 saturated heterocycles. The van der Waals surface area contributed by atoms with Crippen molar-refractivity contribution in [3.8, 4) is 0 Å². The Labute approximate surface area is 98.3 Å². The SMILES string of the molecule is C=C(C)CCNc1ccc(Br)cc1Cl. The molecule has 0 fully saturated rings. The van der Waals surface area contributed by atoms with Crippen LogP contribution in [0.15, 0.2) is 34.8 Å². The van der Waals surface area contributed by atoms with Gasteiger partial charge in [0, 0.05) is 11.0 Å². The summed E-state index contributed by atoms with van der Waals surface area (Å²) in [7, 11) is 0. The lowest BCUT2D eigenvalue weighted by Gasteiger charge is -2.08. The van der Waals surface area contributed by atoms with E-state index >= 15 is 0 Å². The number of rotatable bonds is 4. The number of hydrogen-bond acceptors (Lipinski definition) is 1. The van der Waals surface area contributed by atoms with Crippen LogP contribution in [0.4, 0.5) is 5.69 Å². The summed E-state index contributed by atoms with van der Waals surface area (Å²) in [6.45, 7) is 6.73. The van der Waals surface area contributed by atoms with Crippen LogP contribution in [0.3, 0.4) is 0 Å². The van der Waals surface area contributed by atoms with E-state index in [2.05, 4.69) is 27.8 Å². The summed E-state index contributed by atoms with van der Waals surface area (Å²) in [5, 5.41) is 3.99. The maximum absolute atomic E-state index is 6.03. The number of benzene rings is 1. The number of halogens is 2. The van der Waals surface area contributed by atoms with Crippen LogP contribution in [-0.2, 0) is 0 Å². The second-order valence-electron chi connectivity index (χ2n) is 3.26. The molecule has 0 radical (unpaired) electrons. The molecule has 1 aromatic rings. The van der Waals surface area contributed by atoms with Gasteiger partial charge in [0.2, 0.25) is 0 Å². The predicted molar refractivity (Wildman–Crippen MR) is 67.1 cm³/mol. The highest BCUT2D eigenvalue weighted by Crippen LogP contribution is 2.25.